The summed E-state index contributed by atoms with van der Waals surface area (Å²) in [6, 6.07) is 0. The van der Waals surface area contributed by atoms with Crippen molar-refractivity contribution in [2.75, 3.05) is 0 Å². The number of ketones is 1. The van der Waals surface area contributed by atoms with Gasteiger partial charge < -0.3 is 5.11 Å². The third-order valence-corrected chi connectivity index (χ3v) is 1.47. The van der Waals surface area contributed by atoms with Crippen molar-refractivity contribution in [3.63, 3.8) is 0 Å². The summed E-state index contributed by atoms with van der Waals surface area (Å²) in [5, 5.41) is 16.3. The summed E-state index contributed by atoms with van der Waals surface area (Å²) >= 11 is 0. The van der Waals surface area contributed by atoms with E-state index in [1.54, 1.807) is 13.2 Å². The molecule has 1 aromatic rings. The van der Waals surface area contributed by atoms with Gasteiger partial charge in [-0.05, 0) is 6.92 Å². The Labute approximate surface area is 70.0 Å². The van der Waals surface area contributed by atoms with Gasteiger partial charge in [-0.15, -0.1) is 5.10 Å². The maximum absolute atomic E-state index is 11.0. The molecule has 1 N–H and O–H groups in total. The molecule has 0 spiro atoms. The van der Waals surface area contributed by atoms with E-state index in [1.165, 1.54) is 11.6 Å². The van der Waals surface area contributed by atoms with Gasteiger partial charge in [0.2, 0.25) is 0 Å². The molecule has 5 heteroatoms. The fourth-order valence-electron chi connectivity index (χ4n) is 0.803. The highest BCUT2D eigenvalue weighted by Crippen LogP contribution is 1.96. The Bertz CT molecular complexity index is 280. The average Bonchev–Trinajstić information content (AvgIpc) is 2.35. The quantitative estimate of drug-likeness (QED) is 0.650. The number of aliphatic hydroxyl groups excluding tert-OH is 1. The topological polar surface area (TPSA) is 68.0 Å². The zero-order valence-electron chi connectivity index (χ0n) is 7.06. The first-order chi connectivity index (χ1) is 5.59. The van der Waals surface area contributed by atoms with Crippen molar-refractivity contribution < 1.29 is 9.90 Å². The summed E-state index contributed by atoms with van der Waals surface area (Å²) in [6.45, 7) is 1.44. The van der Waals surface area contributed by atoms with Gasteiger partial charge in [-0.3, -0.25) is 9.48 Å². The average molecular weight is 169 g/mol. The van der Waals surface area contributed by atoms with Gasteiger partial charge in [0.05, 0.1) is 12.1 Å². The van der Waals surface area contributed by atoms with Crippen LogP contribution in [0.2, 0.25) is 0 Å². The number of aliphatic hydroxyl groups is 1. The molecule has 0 saturated carbocycles. The van der Waals surface area contributed by atoms with Crippen molar-refractivity contribution in [1.82, 2.24) is 15.0 Å². The second-order valence-corrected chi connectivity index (χ2v) is 2.70. The summed E-state index contributed by atoms with van der Waals surface area (Å²) in [5.41, 5.74) is 0.586. The minimum Gasteiger partial charge on any atom is -0.386 e. The number of nitrogens with zero attached hydrogens (tertiary/aromatic N) is 3. The number of carbonyl (C=O) groups is 1. The van der Waals surface area contributed by atoms with Crippen LogP contribution < -0.4 is 0 Å². The molecule has 0 aliphatic carbocycles. The Morgan fingerprint density at radius 3 is 2.92 bits per heavy atom. The van der Waals surface area contributed by atoms with Crippen LogP contribution in [0.5, 0.6) is 0 Å². The van der Waals surface area contributed by atoms with Gasteiger partial charge in [0.1, 0.15) is 6.10 Å². The van der Waals surface area contributed by atoms with Crippen LogP contribution in [-0.4, -0.2) is 32.0 Å². The highest BCUT2D eigenvalue weighted by molar-refractivity contribution is 5.84. The fraction of sp³-hybridized carbons (Fsp3) is 0.571. The molecule has 0 aromatic carbocycles. The van der Waals surface area contributed by atoms with Crippen molar-refractivity contribution in [3.05, 3.63) is 11.9 Å². The van der Waals surface area contributed by atoms with E-state index in [1.807, 2.05) is 0 Å². The molecule has 66 valence electrons. The van der Waals surface area contributed by atoms with Gasteiger partial charge in [0.15, 0.2) is 5.78 Å². The summed E-state index contributed by atoms with van der Waals surface area (Å²) < 4.78 is 1.52. The van der Waals surface area contributed by atoms with Crippen LogP contribution in [0.15, 0.2) is 6.20 Å². The van der Waals surface area contributed by atoms with Crippen molar-refractivity contribution in [1.29, 1.82) is 0 Å². The van der Waals surface area contributed by atoms with Gasteiger partial charge in [-0.1, -0.05) is 5.21 Å². The lowest BCUT2D eigenvalue weighted by Gasteiger charge is -1.98. The SMILES string of the molecule is CC(O)C(=O)Cc1cn(C)nn1. The molecule has 1 rings (SSSR count). The lowest BCUT2D eigenvalue weighted by atomic mass is 10.1. The zero-order chi connectivity index (χ0) is 9.14. The minimum absolute atomic E-state index is 0.144. The third-order valence-electron chi connectivity index (χ3n) is 1.47. The van der Waals surface area contributed by atoms with Crippen molar-refractivity contribution in [2.24, 2.45) is 7.05 Å². The first-order valence-corrected chi connectivity index (χ1v) is 3.65. The molecule has 0 amide bonds. The number of rotatable bonds is 3. The number of Topliss-reactive ketones (excluding diaryl/α,β-unsaturated/α-hetero) is 1. The summed E-state index contributed by atoms with van der Waals surface area (Å²) in [4.78, 5) is 11.0. The molecule has 0 saturated heterocycles. The van der Waals surface area contributed by atoms with E-state index in [2.05, 4.69) is 10.3 Å². The van der Waals surface area contributed by atoms with E-state index in [9.17, 15) is 4.79 Å². The Morgan fingerprint density at radius 2 is 2.50 bits per heavy atom. The third kappa shape index (κ3) is 2.13. The molecule has 12 heavy (non-hydrogen) atoms. The van der Waals surface area contributed by atoms with Crippen LogP contribution in [0.4, 0.5) is 0 Å². The predicted molar refractivity (Wildman–Crippen MR) is 41.4 cm³/mol. The molecular weight excluding hydrogens is 158 g/mol. The lowest BCUT2D eigenvalue weighted by molar-refractivity contribution is -0.125. The molecule has 0 aliphatic rings. The highest BCUT2D eigenvalue weighted by atomic mass is 16.3. The largest absolute Gasteiger partial charge is 0.386 e. The first kappa shape index (κ1) is 8.86. The van der Waals surface area contributed by atoms with Crippen LogP contribution in [0, 0.1) is 0 Å². The van der Waals surface area contributed by atoms with Crippen molar-refractivity contribution in [3.8, 4) is 0 Å². The molecule has 0 fully saturated rings. The molecule has 0 radical (unpaired) electrons. The van der Waals surface area contributed by atoms with Crippen LogP contribution in [0.25, 0.3) is 0 Å². The van der Waals surface area contributed by atoms with E-state index in [-0.39, 0.29) is 12.2 Å². The Kier molecular flexibility index (Phi) is 2.54. The second kappa shape index (κ2) is 3.44. The molecule has 1 atom stereocenters. The van der Waals surface area contributed by atoms with E-state index < -0.39 is 6.10 Å². The van der Waals surface area contributed by atoms with Gasteiger partial charge in [-0.25, -0.2) is 0 Å². The van der Waals surface area contributed by atoms with Gasteiger partial charge in [-0.2, -0.15) is 0 Å². The maximum atomic E-state index is 11.0. The standard InChI is InChI=1S/C7H11N3O2/c1-5(11)7(12)3-6-4-10(2)9-8-6/h4-5,11H,3H2,1-2H3. The molecule has 0 aliphatic heterocycles. The number of carbonyl (C=O) groups excluding carboxylic acids is 1. The molecule has 0 bridgehead atoms. The molecule has 1 aromatic heterocycles. The van der Waals surface area contributed by atoms with Gasteiger partial charge >= 0.3 is 0 Å². The Morgan fingerprint density at radius 1 is 1.83 bits per heavy atom. The number of hydrogen-bond donors (Lipinski definition) is 1. The van der Waals surface area contributed by atoms with Crippen LogP contribution in [0.1, 0.15) is 12.6 Å². The monoisotopic (exact) mass is 169 g/mol. The van der Waals surface area contributed by atoms with E-state index >= 15 is 0 Å². The minimum atomic E-state index is -0.924. The zero-order valence-corrected chi connectivity index (χ0v) is 7.06. The van der Waals surface area contributed by atoms with Crippen LogP contribution in [0.3, 0.4) is 0 Å². The smallest absolute Gasteiger partial charge is 0.167 e. The van der Waals surface area contributed by atoms with Crippen molar-refractivity contribution in [2.45, 2.75) is 19.4 Å². The molecule has 1 heterocycles. The Hall–Kier alpha value is -1.23. The second-order valence-electron chi connectivity index (χ2n) is 2.70. The van der Waals surface area contributed by atoms with E-state index in [0.29, 0.717) is 5.69 Å². The molecular formula is C7H11N3O2. The highest BCUT2D eigenvalue weighted by Gasteiger charge is 2.11. The van der Waals surface area contributed by atoms with Gasteiger partial charge in [0, 0.05) is 13.2 Å². The number of aryl methyl sites for hydroxylation is 1. The van der Waals surface area contributed by atoms with Crippen molar-refractivity contribution >= 4 is 5.78 Å². The van der Waals surface area contributed by atoms with Crippen LogP contribution >= 0.6 is 0 Å². The summed E-state index contributed by atoms with van der Waals surface area (Å²) in [6.07, 6.45) is 0.873. The van der Waals surface area contributed by atoms with Crippen LogP contribution in [-0.2, 0) is 18.3 Å². The molecule has 5 nitrogen and oxygen atoms in total. The fourth-order valence-corrected chi connectivity index (χ4v) is 0.803. The number of hydrogen-bond acceptors (Lipinski definition) is 4. The van der Waals surface area contributed by atoms with Gasteiger partial charge in [0.25, 0.3) is 0 Å². The Balaban J connectivity index is 2.58. The maximum Gasteiger partial charge on any atom is 0.167 e. The normalized spacial score (nSPS) is 12.9. The number of aromatic nitrogens is 3. The molecule has 1 unspecified atom stereocenters. The summed E-state index contributed by atoms with van der Waals surface area (Å²) in [5.74, 6) is -0.240. The van der Waals surface area contributed by atoms with E-state index in [4.69, 9.17) is 5.11 Å². The lowest BCUT2D eigenvalue weighted by Crippen LogP contribution is -2.18. The first-order valence-electron chi connectivity index (χ1n) is 3.65. The predicted octanol–water partition coefficient (Wildman–Crippen LogP) is -0.693. The van der Waals surface area contributed by atoms with E-state index in [0.717, 1.165) is 0 Å². The summed E-state index contributed by atoms with van der Waals surface area (Å²) in [7, 11) is 1.73.